The highest BCUT2D eigenvalue weighted by atomic mass is 15.2. The Morgan fingerprint density at radius 3 is 2.45 bits per heavy atom. The average molecular weight is 291 g/mol. The Labute approximate surface area is 128 Å². The molecule has 1 aliphatic heterocycles. The van der Waals surface area contributed by atoms with Crippen molar-refractivity contribution in [1.29, 1.82) is 0 Å². The molecular formula is C17H17N5. The number of anilines is 1. The highest BCUT2D eigenvalue weighted by Gasteiger charge is 2.11. The van der Waals surface area contributed by atoms with Crippen LogP contribution in [0.4, 0.5) is 17.3 Å². The summed E-state index contributed by atoms with van der Waals surface area (Å²) in [5.74, 6) is 0.532. The van der Waals surface area contributed by atoms with Crippen LogP contribution in [0, 0.1) is 0 Å². The molecule has 0 radical (unpaired) electrons. The Morgan fingerprint density at radius 1 is 0.909 bits per heavy atom. The van der Waals surface area contributed by atoms with E-state index in [0.717, 1.165) is 29.8 Å². The molecule has 0 saturated carbocycles. The number of hydrogen-bond donors (Lipinski definition) is 1. The number of rotatable bonds is 3. The lowest BCUT2D eigenvalue weighted by Gasteiger charge is -2.17. The second-order valence-corrected chi connectivity index (χ2v) is 5.49. The molecule has 0 amide bonds. The van der Waals surface area contributed by atoms with Crippen LogP contribution in [0.5, 0.6) is 0 Å². The number of para-hydroxylation sites is 2. The van der Waals surface area contributed by atoms with Gasteiger partial charge in [0.2, 0.25) is 5.95 Å². The Bertz CT molecular complexity index is 764. The van der Waals surface area contributed by atoms with Gasteiger partial charge in [-0.25, -0.2) is 4.98 Å². The van der Waals surface area contributed by atoms with Crippen LogP contribution < -0.4 is 4.90 Å². The molecule has 1 fully saturated rings. The molecular weight excluding hydrogens is 274 g/mol. The van der Waals surface area contributed by atoms with Gasteiger partial charge in [0.25, 0.3) is 0 Å². The molecule has 0 bridgehead atoms. The normalized spacial score (nSPS) is 15.2. The molecule has 1 saturated heterocycles. The average Bonchev–Trinajstić information content (AvgIpc) is 3.22. The molecule has 2 aromatic carbocycles. The van der Waals surface area contributed by atoms with Crippen LogP contribution >= 0.6 is 0 Å². The van der Waals surface area contributed by atoms with Gasteiger partial charge in [-0.05, 0) is 49.2 Å². The number of aromatic amines is 1. The predicted molar refractivity (Wildman–Crippen MR) is 88.2 cm³/mol. The molecule has 0 spiro atoms. The summed E-state index contributed by atoms with van der Waals surface area (Å²) in [4.78, 5) is 9.93. The second kappa shape index (κ2) is 5.60. The maximum absolute atomic E-state index is 4.38. The standard InChI is InChI=1S/C17H17N5/c1-2-6-16-15(5-1)18-17(19-16)21-20-13-7-9-14(10-8-13)22-11-3-4-12-22/h1-2,5-10H,3-4,11-12H2,(H,18,19)/b21-20+. The second-order valence-electron chi connectivity index (χ2n) is 5.49. The van der Waals surface area contributed by atoms with Crippen LogP contribution in [-0.2, 0) is 0 Å². The number of H-pyrrole nitrogens is 1. The Kier molecular flexibility index (Phi) is 3.31. The molecule has 0 aliphatic carbocycles. The molecule has 1 aliphatic rings. The van der Waals surface area contributed by atoms with E-state index in [-0.39, 0.29) is 0 Å². The molecule has 22 heavy (non-hydrogen) atoms. The lowest BCUT2D eigenvalue weighted by atomic mass is 10.2. The van der Waals surface area contributed by atoms with Gasteiger partial charge < -0.3 is 9.88 Å². The third-order valence-electron chi connectivity index (χ3n) is 3.96. The Balaban J connectivity index is 1.52. The number of hydrogen-bond acceptors (Lipinski definition) is 4. The Morgan fingerprint density at radius 2 is 1.68 bits per heavy atom. The zero-order valence-corrected chi connectivity index (χ0v) is 12.2. The van der Waals surface area contributed by atoms with Crippen LogP contribution in [-0.4, -0.2) is 23.1 Å². The fourth-order valence-electron chi connectivity index (χ4n) is 2.80. The summed E-state index contributed by atoms with van der Waals surface area (Å²) < 4.78 is 0. The number of azo groups is 1. The summed E-state index contributed by atoms with van der Waals surface area (Å²) in [6.07, 6.45) is 2.57. The van der Waals surface area contributed by atoms with Gasteiger partial charge in [-0.2, -0.15) is 0 Å². The van der Waals surface area contributed by atoms with Crippen LogP contribution in [0.2, 0.25) is 0 Å². The van der Waals surface area contributed by atoms with E-state index in [2.05, 4.69) is 37.2 Å². The summed E-state index contributed by atoms with van der Waals surface area (Å²) in [7, 11) is 0. The maximum atomic E-state index is 4.38. The van der Waals surface area contributed by atoms with Crippen LogP contribution in [0.15, 0.2) is 58.8 Å². The SMILES string of the molecule is c1ccc2[nH]c(/N=N/c3ccc(N4CCCC4)cc3)nc2c1. The third kappa shape index (κ3) is 2.57. The minimum atomic E-state index is 0.532. The fourth-order valence-corrected chi connectivity index (χ4v) is 2.80. The van der Waals surface area contributed by atoms with Gasteiger partial charge in [0.1, 0.15) is 0 Å². The van der Waals surface area contributed by atoms with E-state index in [1.807, 2.05) is 36.4 Å². The van der Waals surface area contributed by atoms with Gasteiger partial charge in [-0.15, -0.1) is 10.2 Å². The quantitative estimate of drug-likeness (QED) is 0.718. The maximum Gasteiger partial charge on any atom is 0.247 e. The Hall–Kier alpha value is -2.69. The van der Waals surface area contributed by atoms with Crippen molar-refractivity contribution in [2.45, 2.75) is 12.8 Å². The van der Waals surface area contributed by atoms with Gasteiger partial charge in [0.15, 0.2) is 0 Å². The number of fused-ring (bicyclic) bond motifs is 1. The number of nitrogens with zero attached hydrogens (tertiary/aromatic N) is 4. The fraction of sp³-hybridized carbons (Fsp3) is 0.235. The van der Waals surface area contributed by atoms with Gasteiger partial charge >= 0.3 is 0 Å². The summed E-state index contributed by atoms with van der Waals surface area (Å²) in [5, 5.41) is 8.44. The van der Waals surface area contributed by atoms with E-state index < -0.39 is 0 Å². The van der Waals surface area contributed by atoms with Crippen molar-refractivity contribution in [2.75, 3.05) is 18.0 Å². The number of nitrogens with one attached hydrogen (secondary N) is 1. The van der Waals surface area contributed by atoms with Crippen molar-refractivity contribution in [1.82, 2.24) is 9.97 Å². The van der Waals surface area contributed by atoms with E-state index in [4.69, 9.17) is 0 Å². The van der Waals surface area contributed by atoms with Gasteiger partial charge in [0.05, 0.1) is 16.7 Å². The summed E-state index contributed by atoms with van der Waals surface area (Å²) in [5.41, 5.74) is 3.98. The third-order valence-corrected chi connectivity index (χ3v) is 3.96. The molecule has 5 nitrogen and oxygen atoms in total. The zero-order valence-electron chi connectivity index (χ0n) is 12.2. The first-order valence-corrected chi connectivity index (χ1v) is 7.60. The van der Waals surface area contributed by atoms with Gasteiger partial charge in [-0.3, -0.25) is 0 Å². The molecule has 0 atom stereocenters. The van der Waals surface area contributed by atoms with Crippen molar-refractivity contribution in [3.8, 4) is 0 Å². The molecule has 110 valence electrons. The topological polar surface area (TPSA) is 56.6 Å². The first kappa shape index (κ1) is 13.0. The summed E-state index contributed by atoms with van der Waals surface area (Å²) in [6, 6.07) is 16.1. The molecule has 1 N–H and O–H groups in total. The number of benzene rings is 2. The molecule has 0 unspecified atom stereocenters. The number of imidazole rings is 1. The smallest absolute Gasteiger partial charge is 0.247 e. The van der Waals surface area contributed by atoms with Crippen LogP contribution in [0.3, 0.4) is 0 Å². The van der Waals surface area contributed by atoms with E-state index in [1.54, 1.807) is 0 Å². The van der Waals surface area contributed by atoms with Gasteiger partial charge in [-0.1, -0.05) is 12.1 Å². The van der Waals surface area contributed by atoms with E-state index >= 15 is 0 Å². The van der Waals surface area contributed by atoms with E-state index in [0.29, 0.717) is 5.95 Å². The minimum absolute atomic E-state index is 0.532. The summed E-state index contributed by atoms with van der Waals surface area (Å²) >= 11 is 0. The predicted octanol–water partition coefficient (Wildman–Crippen LogP) is 4.58. The summed E-state index contributed by atoms with van der Waals surface area (Å²) in [6.45, 7) is 2.31. The van der Waals surface area contributed by atoms with Crippen molar-refractivity contribution in [2.24, 2.45) is 10.2 Å². The molecule has 2 heterocycles. The molecule has 1 aromatic heterocycles. The van der Waals surface area contributed by atoms with Crippen LogP contribution in [0.1, 0.15) is 12.8 Å². The van der Waals surface area contributed by atoms with Crippen molar-refractivity contribution in [3.63, 3.8) is 0 Å². The molecule has 3 aromatic rings. The monoisotopic (exact) mass is 291 g/mol. The van der Waals surface area contributed by atoms with Crippen molar-refractivity contribution in [3.05, 3.63) is 48.5 Å². The van der Waals surface area contributed by atoms with E-state index in [1.165, 1.54) is 18.5 Å². The highest BCUT2D eigenvalue weighted by Crippen LogP contribution is 2.24. The van der Waals surface area contributed by atoms with Crippen LogP contribution in [0.25, 0.3) is 11.0 Å². The lowest BCUT2D eigenvalue weighted by Crippen LogP contribution is -2.17. The van der Waals surface area contributed by atoms with E-state index in [9.17, 15) is 0 Å². The largest absolute Gasteiger partial charge is 0.372 e. The molecule has 5 heteroatoms. The zero-order chi connectivity index (χ0) is 14.8. The highest BCUT2D eigenvalue weighted by molar-refractivity contribution is 5.76. The van der Waals surface area contributed by atoms with Crippen molar-refractivity contribution >= 4 is 28.4 Å². The van der Waals surface area contributed by atoms with Crippen molar-refractivity contribution < 1.29 is 0 Å². The molecule has 4 rings (SSSR count). The first-order chi connectivity index (χ1) is 10.9. The lowest BCUT2D eigenvalue weighted by molar-refractivity contribution is 0.949. The van der Waals surface area contributed by atoms with Gasteiger partial charge in [0, 0.05) is 18.8 Å². The minimum Gasteiger partial charge on any atom is -0.372 e. The number of aromatic nitrogens is 2. The first-order valence-electron chi connectivity index (χ1n) is 7.60.